The van der Waals surface area contributed by atoms with E-state index >= 15 is 0 Å². The molecule has 3 nitrogen and oxygen atoms in total. The molecule has 0 saturated heterocycles. The lowest BCUT2D eigenvalue weighted by Crippen LogP contribution is -2.10. The average molecular weight is 217 g/mol. The van der Waals surface area contributed by atoms with Crippen LogP contribution in [0.5, 0.6) is 0 Å². The zero-order valence-electron chi connectivity index (χ0n) is 9.78. The van der Waals surface area contributed by atoms with Gasteiger partial charge in [-0.2, -0.15) is 0 Å². The Hall–Kier alpha value is -1.64. The van der Waals surface area contributed by atoms with Crippen LogP contribution in [-0.2, 0) is 16.6 Å². The zero-order chi connectivity index (χ0) is 11.8. The van der Waals surface area contributed by atoms with Gasteiger partial charge in [-0.3, -0.25) is 0 Å². The molecule has 0 aliphatic carbocycles. The molecule has 84 valence electrons. The van der Waals surface area contributed by atoms with Crippen molar-refractivity contribution in [3.8, 4) is 0 Å². The molecule has 0 fully saturated rings. The number of aldehydes is 1. The van der Waals surface area contributed by atoms with Crippen molar-refractivity contribution in [2.75, 3.05) is 0 Å². The third-order valence-corrected chi connectivity index (χ3v) is 2.41. The number of fused-ring (bicyclic) bond motifs is 1. The molecule has 16 heavy (non-hydrogen) atoms. The van der Waals surface area contributed by atoms with E-state index in [2.05, 4.69) is 25.8 Å². The van der Waals surface area contributed by atoms with Gasteiger partial charge in [0.25, 0.3) is 0 Å². The molecule has 2 aromatic rings. The largest absolute Gasteiger partial charge is 0.440 e. The Morgan fingerprint density at radius 2 is 2.12 bits per heavy atom. The number of hydrogen-bond donors (Lipinski definition) is 0. The first-order chi connectivity index (χ1) is 7.50. The monoisotopic (exact) mass is 217 g/mol. The average Bonchev–Trinajstić information content (AvgIpc) is 2.60. The van der Waals surface area contributed by atoms with Crippen molar-refractivity contribution in [3.63, 3.8) is 0 Å². The number of benzene rings is 1. The van der Waals surface area contributed by atoms with Crippen molar-refractivity contribution in [1.29, 1.82) is 0 Å². The maximum absolute atomic E-state index is 10.4. The Morgan fingerprint density at radius 1 is 1.38 bits per heavy atom. The minimum absolute atomic E-state index is 0.0934. The summed E-state index contributed by atoms with van der Waals surface area (Å²) in [6.45, 7) is 6.18. The normalized spacial score (nSPS) is 11.9. The van der Waals surface area contributed by atoms with E-state index in [1.54, 1.807) is 0 Å². The fourth-order valence-electron chi connectivity index (χ4n) is 1.52. The minimum Gasteiger partial charge on any atom is -0.440 e. The van der Waals surface area contributed by atoms with Gasteiger partial charge in [0, 0.05) is 11.8 Å². The SMILES string of the molecule is CC(C)(C)c1nc2cc(CC=O)ccc2o1. The Balaban J connectivity index is 2.50. The first-order valence-electron chi connectivity index (χ1n) is 5.34. The molecule has 0 unspecified atom stereocenters. The summed E-state index contributed by atoms with van der Waals surface area (Å²) in [6, 6.07) is 5.67. The van der Waals surface area contributed by atoms with Gasteiger partial charge in [0.1, 0.15) is 11.8 Å². The van der Waals surface area contributed by atoms with E-state index in [1.807, 2.05) is 18.2 Å². The van der Waals surface area contributed by atoms with E-state index in [0.717, 1.165) is 28.8 Å². The van der Waals surface area contributed by atoms with Crippen LogP contribution in [0.4, 0.5) is 0 Å². The quantitative estimate of drug-likeness (QED) is 0.726. The van der Waals surface area contributed by atoms with E-state index < -0.39 is 0 Å². The molecular formula is C13H15NO2. The summed E-state index contributed by atoms with van der Waals surface area (Å²) in [6.07, 6.45) is 1.32. The predicted octanol–water partition coefficient (Wildman–Crippen LogP) is 2.87. The van der Waals surface area contributed by atoms with E-state index in [-0.39, 0.29) is 5.41 Å². The number of rotatable bonds is 2. The second kappa shape index (κ2) is 3.74. The number of aromatic nitrogens is 1. The van der Waals surface area contributed by atoms with Crippen LogP contribution < -0.4 is 0 Å². The first-order valence-corrected chi connectivity index (χ1v) is 5.34. The fourth-order valence-corrected chi connectivity index (χ4v) is 1.52. The van der Waals surface area contributed by atoms with Crippen molar-refractivity contribution in [2.45, 2.75) is 32.6 Å². The summed E-state index contributed by atoms with van der Waals surface area (Å²) < 4.78 is 5.67. The Bertz CT molecular complexity index is 520. The molecule has 0 radical (unpaired) electrons. The number of nitrogens with zero attached hydrogens (tertiary/aromatic N) is 1. The number of hydrogen-bond acceptors (Lipinski definition) is 3. The molecule has 3 heteroatoms. The van der Waals surface area contributed by atoms with Crippen LogP contribution in [0, 0.1) is 0 Å². The van der Waals surface area contributed by atoms with Gasteiger partial charge >= 0.3 is 0 Å². The smallest absolute Gasteiger partial charge is 0.200 e. The summed E-state index contributed by atoms with van der Waals surface area (Å²) in [7, 11) is 0. The predicted molar refractivity (Wildman–Crippen MR) is 62.5 cm³/mol. The summed E-state index contributed by atoms with van der Waals surface area (Å²) in [5.74, 6) is 0.728. The Kier molecular flexibility index (Phi) is 2.54. The number of oxazole rings is 1. The van der Waals surface area contributed by atoms with Crippen LogP contribution in [0.3, 0.4) is 0 Å². The van der Waals surface area contributed by atoms with Gasteiger partial charge in [-0.05, 0) is 17.7 Å². The van der Waals surface area contributed by atoms with Crippen LogP contribution in [0.15, 0.2) is 22.6 Å². The third kappa shape index (κ3) is 1.98. The second-order valence-corrected chi connectivity index (χ2v) is 4.94. The molecule has 0 saturated carbocycles. The van der Waals surface area contributed by atoms with Crippen molar-refractivity contribution in [2.24, 2.45) is 0 Å². The Morgan fingerprint density at radius 3 is 2.75 bits per heavy atom. The van der Waals surface area contributed by atoms with Crippen molar-refractivity contribution in [3.05, 3.63) is 29.7 Å². The highest BCUT2D eigenvalue weighted by molar-refractivity contribution is 5.74. The lowest BCUT2D eigenvalue weighted by atomic mass is 9.97. The van der Waals surface area contributed by atoms with Gasteiger partial charge in [0.15, 0.2) is 5.58 Å². The van der Waals surface area contributed by atoms with Crippen molar-refractivity contribution < 1.29 is 9.21 Å². The lowest BCUT2D eigenvalue weighted by molar-refractivity contribution is -0.107. The number of carbonyl (C=O) groups is 1. The Labute approximate surface area is 94.5 Å². The van der Waals surface area contributed by atoms with Crippen LogP contribution in [0.1, 0.15) is 32.2 Å². The summed E-state index contributed by atoms with van der Waals surface area (Å²) in [5, 5.41) is 0. The van der Waals surface area contributed by atoms with Crippen LogP contribution in [0.2, 0.25) is 0 Å². The van der Waals surface area contributed by atoms with Gasteiger partial charge in [0.2, 0.25) is 5.89 Å². The third-order valence-electron chi connectivity index (χ3n) is 2.41. The molecule has 0 atom stereocenters. The highest BCUT2D eigenvalue weighted by atomic mass is 16.3. The molecule has 1 aromatic carbocycles. The minimum atomic E-state index is -0.0934. The second-order valence-electron chi connectivity index (χ2n) is 4.94. The number of carbonyl (C=O) groups excluding carboxylic acids is 1. The van der Waals surface area contributed by atoms with Gasteiger partial charge in [-0.25, -0.2) is 4.98 Å². The van der Waals surface area contributed by atoms with Gasteiger partial charge in [-0.15, -0.1) is 0 Å². The van der Waals surface area contributed by atoms with Crippen LogP contribution >= 0.6 is 0 Å². The molecule has 2 rings (SSSR count). The standard InChI is InChI=1S/C13H15NO2/c1-13(2,3)12-14-10-8-9(6-7-15)4-5-11(10)16-12/h4-5,7-8H,6H2,1-3H3. The molecule has 0 N–H and O–H groups in total. The van der Waals surface area contributed by atoms with Crippen LogP contribution in [0.25, 0.3) is 11.1 Å². The lowest BCUT2D eigenvalue weighted by Gasteiger charge is -2.11. The van der Waals surface area contributed by atoms with Gasteiger partial charge in [-0.1, -0.05) is 26.8 Å². The van der Waals surface area contributed by atoms with Crippen molar-refractivity contribution >= 4 is 17.4 Å². The van der Waals surface area contributed by atoms with Crippen molar-refractivity contribution in [1.82, 2.24) is 4.98 Å². The van der Waals surface area contributed by atoms with Gasteiger partial charge in [0.05, 0.1) is 0 Å². The molecular weight excluding hydrogens is 202 g/mol. The molecule has 1 heterocycles. The molecule has 0 aliphatic rings. The summed E-state index contributed by atoms with van der Waals surface area (Å²) in [5.41, 5.74) is 2.48. The van der Waals surface area contributed by atoms with Crippen LogP contribution in [-0.4, -0.2) is 11.3 Å². The van der Waals surface area contributed by atoms with E-state index in [1.165, 1.54) is 0 Å². The zero-order valence-corrected chi connectivity index (χ0v) is 9.78. The molecule has 0 spiro atoms. The molecule has 0 aliphatic heterocycles. The highest BCUT2D eigenvalue weighted by Gasteiger charge is 2.20. The molecule has 0 amide bonds. The van der Waals surface area contributed by atoms with E-state index in [4.69, 9.17) is 4.42 Å². The summed E-state index contributed by atoms with van der Waals surface area (Å²) in [4.78, 5) is 14.9. The molecule has 1 aromatic heterocycles. The first kappa shape index (κ1) is 10.9. The van der Waals surface area contributed by atoms with E-state index in [0.29, 0.717) is 6.42 Å². The topological polar surface area (TPSA) is 43.1 Å². The molecule has 0 bridgehead atoms. The van der Waals surface area contributed by atoms with Gasteiger partial charge < -0.3 is 9.21 Å². The fraction of sp³-hybridized carbons (Fsp3) is 0.385. The maximum Gasteiger partial charge on any atom is 0.200 e. The van der Waals surface area contributed by atoms with E-state index in [9.17, 15) is 4.79 Å². The highest BCUT2D eigenvalue weighted by Crippen LogP contribution is 2.26. The maximum atomic E-state index is 10.4. The summed E-state index contributed by atoms with van der Waals surface area (Å²) >= 11 is 0.